The molecule has 1 spiro atoms. The summed E-state index contributed by atoms with van der Waals surface area (Å²) in [5.41, 5.74) is 9.75. The molecule has 2 unspecified atom stereocenters. The lowest BCUT2D eigenvalue weighted by Gasteiger charge is -2.47. The van der Waals surface area contributed by atoms with Crippen molar-refractivity contribution >= 4 is 76.9 Å². The Morgan fingerprint density at radius 3 is 1.91 bits per heavy atom. The number of nitrogens with one attached hydrogen (secondary N) is 4. The Kier molecular flexibility index (Phi) is 17.4. The van der Waals surface area contributed by atoms with Gasteiger partial charge in [-0.25, -0.2) is 0 Å². The van der Waals surface area contributed by atoms with Gasteiger partial charge in [-0.05, 0) is 96.3 Å². The van der Waals surface area contributed by atoms with Crippen molar-refractivity contribution in [2.24, 2.45) is 22.4 Å². The number of carbonyl (C=O) groups excluding carboxylic acids is 9. The molecule has 6 fully saturated rings. The topological polar surface area (TPSA) is 320 Å². The second kappa shape index (κ2) is 22.8. The normalized spacial score (nSPS) is 26.7. The number of carboxylic acid groups (broad SMARTS) is 1. The van der Waals surface area contributed by atoms with Crippen LogP contribution in [0.4, 0.5) is 0 Å². The summed E-state index contributed by atoms with van der Waals surface area (Å²) in [7, 11) is 0. The van der Waals surface area contributed by atoms with Crippen LogP contribution in [0.2, 0.25) is 0 Å². The van der Waals surface area contributed by atoms with Crippen LogP contribution in [-0.2, 0) is 47.9 Å². The van der Waals surface area contributed by atoms with Crippen molar-refractivity contribution in [3.63, 3.8) is 0 Å². The number of hydrogen-bond acceptors (Lipinski definition) is 12. The van der Waals surface area contributed by atoms with Gasteiger partial charge in [0.1, 0.15) is 54.4 Å². The molecular weight excluding hydrogens is 917 g/mol. The van der Waals surface area contributed by atoms with E-state index >= 15 is 0 Å². The molecular formula is C45H70N12O11S. The van der Waals surface area contributed by atoms with Crippen molar-refractivity contribution in [2.45, 2.75) is 164 Å². The Bertz CT molecular complexity index is 2050. The number of nitrogens with two attached hydrogens (primary N) is 2. The zero-order valence-electron chi connectivity index (χ0n) is 40.1. The molecule has 6 aliphatic heterocycles. The zero-order valence-corrected chi connectivity index (χ0v) is 40.9. The number of hydrogen-bond donors (Lipinski definition) is 7. The third-order valence-electron chi connectivity index (χ3n) is 14.2. The van der Waals surface area contributed by atoms with Crippen LogP contribution >= 0.6 is 11.8 Å². The summed E-state index contributed by atoms with van der Waals surface area (Å²) in [5.74, 6) is -5.33. The lowest BCUT2D eigenvalue weighted by Crippen LogP contribution is -2.67. The van der Waals surface area contributed by atoms with Gasteiger partial charge in [0.15, 0.2) is 5.96 Å². The summed E-state index contributed by atoms with van der Waals surface area (Å²) in [6.45, 7) is 7.48. The van der Waals surface area contributed by atoms with Gasteiger partial charge in [0, 0.05) is 45.4 Å². The standard InChI is InChI=1S/C45H70N12O11S/c1-25(2)22-29(52-38(63)32-13-8-20-55(32)41(66)28(10-5-17-48-44(46)47)51-37(62)31-12-6-18-53(31)27(4)58)42(67)56-21-9-15-45(56)16-14-34-57(43(45)68)33(24-69-34)39(64)50-26(3)40(65)54-19-7-11-30(54)36(61)49-23-35(59)60/h25-26,28-34H,5-24H2,1-4H3,(H,49,61)(H,50,64)(H,51,62)(H,52,63)(H,59,60)(H4,46,47,48)/t26-,28-,29-,30-,31-,32-,33?,34?,45-/m0/s1. The molecule has 0 aromatic heterocycles. The minimum Gasteiger partial charge on any atom is -0.480 e. The molecule has 6 heterocycles. The van der Waals surface area contributed by atoms with Crippen LogP contribution < -0.4 is 32.7 Å². The molecule has 382 valence electrons. The summed E-state index contributed by atoms with van der Waals surface area (Å²) >= 11 is 1.45. The van der Waals surface area contributed by atoms with Gasteiger partial charge in [-0.15, -0.1) is 11.8 Å². The minimum absolute atomic E-state index is 0.0664. The Morgan fingerprint density at radius 1 is 0.725 bits per heavy atom. The van der Waals surface area contributed by atoms with Crippen LogP contribution in [0.5, 0.6) is 0 Å². The molecule has 0 saturated carbocycles. The summed E-state index contributed by atoms with van der Waals surface area (Å²) < 4.78 is 0. The average molecular weight is 987 g/mol. The molecule has 23 nitrogen and oxygen atoms in total. The number of aliphatic imine (C=N–C) groups is 1. The van der Waals surface area contributed by atoms with Gasteiger partial charge >= 0.3 is 5.97 Å². The third kappa shape index (κ3) is 11.9. The maximum atomic E-state index is 14.9. The van der Waals surface area contributed by atoms with Gasteiger partial charge in [-0.3, -0.25) is 52.9 Å². The maximum absolute atomic E-state index is 14.9. The molecule has 9 amide bonds. The van der Waals surface area contributed by atoms with Gasteiger partial charge in [0.25, 0.3) is 0 Å². The van der Waals surface area contributed by atoms with Crippen LogP contribution in [0, 0.1) is 5.92 Å². The van der Waals surface area contributed by atoms with Crippen LogP contribution in [0.15, 0.2) is 4.99 Å². The molecule has 69 heavy (non-hydrogen) atoms. The first-order valence-electron chi connectivity index (χ1n) is 24.4. The van der Waals surface area contributed by atoms with Crippen molar-refractivity contribution < 1.29 is 53.1 Å². The molecule has 0 bridgehead atoms. The van der Waals surface area contributed by atoms with Crippen molar-refractivity contribution in [1.29, 1.82) is 0 Å². The second-order valence-corrected chi connectivity index (χ2v) is 20.7. The first kappa shape index (κ1) is 52.7. The van der Waals surface area contributed by atoms with Gasteiger partial charge in [-0.2, -0.15) is 0 Å². The molecule has 24 heteroatoms. The highest BCUT2D eigenvalue weighted by Gasteiger charge is 2.59. The van der Waals surface area contributed by atoms with Gasteiger partial charge in [0.2, 0.25) is 53.2 Å². The number of carbonyl (C=O) groups is 10. The smallest absolute Gasteiger partial charge is 0.322 e. The van der Waals surface area contributed by atoms with E-state index in [2.05, 4.69) is 26.3 Å². The first-order valence-corrected chi connectivity index (χ1v) is 25.4. The fourth-order valence-corrected chi connectivity index (χ4v) is 12.4. The monoisotopic (exact) mass is 987 g/mol. The molecule has 6 rings (SSSR count). The van der Waals surface area contributed by atoms with E-state index in [1.807, 2.05) is 13.8 Å². The number of amides is 9. The molecule has 0 radical (unpaired) electrons. The number of aliphatic carboxylic acids is 1. The summed E-state index contributed by atoms with van der Waals surface area (Å²) in [6.07, 6.45) is 5.19. The lowest BCUT2D eigenvalue weighted by molar-refractivity contribution is -0.160. The summed E-state index contributed by atoms with van der Waals surface area (Å²) in [5, 5.41) is 19.5. The van der Waals surface area contributed by atoms with E-state index in [4.69, 9.17) is 16.6 Å². The molecule has 9 N–H and O–H groups in total. The van der Waals surface area contributed by atoms with Crippen LogP contribution in [-0.4, -0.2) is 193 Å². The molecule has 6 aliphatic rings. The van der Waals surface area contributed by atoms with E-state index in [1.165, 1.54) is 40.3 Å². The number of thioether (sulfide) groups is 1. The minimum atomic E-state index is -1.28. The number of likely N-dealkylation sites (tertiary alicyclic amines) is 4. The number of guanidine groups is 1. The molecule has 0 aliphatic carbocycles. The van der Waals surface area contributed by atoms with Crippen LogP contribution in [0.3, 0.4) is 0 Å². The van der Waals surface area contributed by atoms with Crippen molar-refractivity contribution in [1.82, 2.24) is 45.8 Å². The third-order valence-corrected chi connectivity index (χ3v) is 15.6. The molecule has 9 atom stereocenters. The Hall–Kier alpha value is -5.68. The number of carboxylic acids is 1. The molecule has 6 saturated heterocycles. The summed E-state index contributed by atoms with van der Waals surface area (Å²) in [6, 6.07) is -6.68. The molecule has 0 aromatic rings. The highest BCUT2D eigenvalue weighted by atomic mass is 32.2. The SMILES string of the molecule is CC(=O)N1CCC[C@H]1C(=O)N[C@@H](CCCN=C(N)N)C(=O)N1CCC[C@H]1C(=O)N[C@@H](CC(C)C)C(=O)N1CCC[C@@]12CCC1SCC(C(=O)N[C@@H](C)C(=O)N3CCC[C@H]3C(=O)NCC(=O)O)N1C2=O. The van der Waals surface area contributed by atoms with Crippen LogP contribution in [0.1, 0.15) is 111 Å². The highest BCUT2D eigenvalue weighted by Crippen LogP contribution is 2.46. The van der Waals surface area contributed by atoms with E-state index in [-0.39, 0.29) is 73.8 Å². The Balaban J connectivity index is 1.13. The van der Waals surface area contributed by atoms with E-state index < -0.39 is 102 Å². The van der Waals surface area contributed by atoms with Crippen molar-refractivity contribution in [2.75, 3.05) is 45.0 Å². The van der Waals surface area contributed by atoms with E-state index in [0.29, 0.717) is 77.2 Å². The van der Waals surface area contributed by atoms with Gasteiger partial charge in [0.05, 0.1) is 5.37 Å². The largest absolute Gasteiger partial charge is 0.480 e. The number of fused-ring (bicyclic) bond motifs is 1. The molecule has 0 aromatic carbocycles. The maximum Gasteiger partial charge on any atom is 0.322 e. The Labute approximate surface area is 406 Å². The number of nitrogens with zero attached hydrogens (tertiary/aromatic N) is 6. The fourth-order valence-electron chi connectivity index (χ4n) is 11.0. The van der Waals surface area contributed by atoms with Crippen LogP contribution in [0.25, 0.3) is 0 Å². The van der Waals surface area contributed by atoms with E-state index in [9.17, 15) is 47.9 Å². The van der Waals surface area contributed by atoms with Crippen molar-refractivity contribution in [3.8, 4) is 0 Å². The number of rotatable bonds is 18. The predicted molar refractivity (Wildman–Crippen MR) is 251 cm³/mol. The average Bonchev–Trinajstić information content (AvgIpc) is 4.16. The summed E-state index contributed by atoms with van der Waals surface area (Å²) in [4.78, 5) is 147. The second-order valence-electron chi connectivity index (χ2n) is 19.5. The van der Waals surface area contributed by atoms with Crippen molar-refractivity contribution in [3.05, 3.63) is 0 Å². The fraction of sp³-hybridized carbons (Fsp3) is 0.756. The number of piperidine rings is 1. The zero-order chi connectivity index (χ0) is 50.3. The van der Waals surface area contributed by atoms with E-state index in [0.717, 1.165) is 0 Å². The predicted octanol–water partition coefficient (Wildman–Crippen LogP) is -1.82. The van der Waals surface area contributed by atoms with Gasteiger partial charge in [-0.1, -0.05) is 13.8 Å². The van der Waals surface area contributed by atoms with Gasteiger partial charge < -0.3 is 62.3 Å². The lowest BCUT2D eigenvalue weighted by atomic mass is 9.84. The highest BCUT2D eigenvalue weighted by molar-refractivity contribution is 8.00. The Morgan fingerprint density at radius 2 is 1.30 bits per heavy atom. The quantitative estimate of drug-likeness (QED) is 0.0452. The first-order chi connectivity index (χ1) is 32.7. The van der Waals surface area contributed by atoms with E-state index in [1.54, 1.807) is 9.80 Å².